The monoisotopic (exact) mass is 277 g/mol. The van der Waals surface area contributed by atoms with Gasteiger partial charge in [0, 0.05) is 6.07 Å². The van der Waals surface area contributed by atoms with E-state index in [9.17, 15) is 0 Å². The molecule has 5 nitrogen and oxygen atoms in total. The first-order valence-electron chi connectivity index (χ1n) is 5.59. The molecule has 0 aliphatic rings. The Kier molecular flexibility index (Phi) is 4.11. The van der Waals surface area contributed by atoms with E-state index < -0.39 is 0 Å². The predicted octanol–water partition coefficient (Wildman–Crippen LogP) is 2.46. The van der Waals surface area contributed by atoms with Crippen LogP contribution < -0.4 is 15.2 Å². The average Bonchev–Trinajstić information content (AvgIpc) is 2.45. The van der Waals surface area contributed by atoms with Gasteiger partial charge in [-0.05, 0) is 18.4 Å². The first-order valence-corrected chi connectivity index (χ1v) is 6.82. The van der Waals surface area contributed by atoms with E-state index in [0.29, 0.717) is 28.2 Å². The second-order valence-corrected chi connectivity index (χ2v) is 4.48. The molecule has 0 bridgehead atoms. The van der Waals surface area contributed by atoms with Crippen molar-refractivity contribution in [3.05, 3.63) is 24.3 Å². The molecule has 6 heteroatoms. The van der Waals surface area contributed by atoms with Crippen LogP contribution in [-0.4, -0.2) is 30.4 Å². The molecule has 2 rings (SSSR count). The SMILES string of the molecule is COc1cccc(OC)c1-c1cc(N)nc(SC)n1. The third-order valence-electron chi connectivity index (χ3n) is 2.59. The van der Waals surface area contributed by atoms with E-state index in [4.69, 9.17) is 15.2 Å². The highest BCUT2D eigenvalue weighted by Crippen LogP contribution is 2.38. The van der Waals surface area contributed by atoms with Gasteiger partial charge in [0.15, 0.2) is 5.16 Å². The Balaban J connectivity index is 2.66. The van der Waals surface area contributed by atoms with Gasteiger partial charge < -0.3 is 15.2 Å². The van der Waals surface area contributed by atoms with Crippen LogP contribution >= 0.6 is 11.8 Å². The lowest BCUT2D eigenvalue weighted by Crippen LogP contribution is -1.99. The molecule has 0 amide bonds. The fourth-order valence-corrected chi connectivity index (χ4v) is 2.15. The van der Waals surface area contributed by atoms with E-state index in [0.717, 1.165) is 5.56 Å². The van der Waals surface area contributed by atoms with E-state index in [1.807, 2.05) is 24.5 Å². The highest BCUT2D eigenvalue weighted by atomic mass is 32.2. The van der Waals surface area contributed by atoms with Gasteiger partial charge in [-0.25, -0.2) is 9.97 Å². The zero-order valence-electron chi connectivity index (χ0n) is 11.0. The van der Waals surface area contributed by atoms with Crippen LogP contribution in [0.25, 0.3) is 11.3 Å². The molecule has 19 heavy (non-hydrogen) atoms. The summed E-state index contributed by atoms with van der Waals surface area (Å²) in [6.07, 6.45) is 1.90. The molecular formula is C13H15N3O2S. The van der Waals surface area contributed by atoms with Gasteiger partial charge in [0.2, 0.25) is 0 Å². The molecule has 2 N–H and O–H groups in total. The summed E-state index contributed by atoms with van der Waals surface area (Å²) in [5.41, 5.74) is 7.27. The third kappa shape index (κ3) is 2.73. The number of rotatable bonds is 4. The molecule has 0 radical (unpaired) electrons. The third-order valence-corrected chi connectivity index (χ3v) is 3.14. The van der Waals surface area contributed by atoms with Crippen molar-refractivity contribution in [2.24, 2.45) is 0 Å². The number of thioether (sulfide) groups is 1. The molecule has 0 saturated carbocycles. The molecule has 1 aromatic carbocycles. The van der Waals surface area contributed by atoms with Crippen molar-refractivity contribution in [1.29, 1.82) is 0 Å². The molecule has 0 aliphatic heterocycles. The summed E-state index contributed by atoms with van der Waals surface area (Å²) in [5.74, 6) is 1.79. The fourth-order valence-electron chi connectivity index (χ4n) is 1.77. The van der Waals surface area contributed by atoms with Crippen molar-refractivity contribution in [3.8, 4) is 22.8 Å². The molecule has 1 aromatic heterocycles. The minimum absolute atomic E-state index is 0.419. The normalized spacial score (nSPS) is 10.3. The number of aromatic nitrogens is 2. The van der Waals surface area contributed by atoms with Crippen LogP contribution in [0.1, 0.15) is 0 Å². The van der Waals surface area contributed by atoms with Crippen LogP contribution in [0.3, 0.4) is 0 Å². The summed E-state index contributed by atoms with van der Waals surface area (Å²) in [6.45, 7) is 0. The van der Waals surface area contributed by atoms with Crippen molar-refractivity contribution >= 4 is 17.6 Å². The lowest BCUT2D eigenvalue weighted by molar-refractivity contribution is 0.397. The van der Waals surface area contributed by atoms with Gasteiger partial charge in [-0.15, -0.1) is 0 Å². The number of hydrogen-bond donors (Lipinski definition) is 1. The maximum Gasteiger partial charge on any atom is 0.189 e. The highest BCUT2D eigenvalue weighted by Gasteiger charge is 2.15. The maximum atomic E-state index is 5.81. The summed E-state index contributed by atoms with van der Waals surface area (Å²) in [5, 5.41) is 0.614. The van der Waals surface area contributed by atoms with Crippen LogP contribution in [0, 0.1) is 0 Å². The zero-order chi connectivity index (χ0) is 13.8. The largest absolute Gasteiger partial charge is 0.496 e. The number of hydrogen-bond acceptors (Lipinski definition) is 6. The molecule has 0 atom stereocenters. The first kappa shape index (κ1) is 13.5. The maximum absolute atomic E-state index is 5.81. The van der Waals surface area contributed by atoms with Crippen molar-refractivity contribution < 1.29 is 9.47 Å². The Labute approximate surface area is 116 Å². The molecule has 0 spiro atoms. The lowest BCUT2D eigenvalue weighted by Gasteiger charge is -2.13. The minimum Gasteiger partial charge on any atom is -0.496 e. The molecular weight excluding hydrogens is 262 g/mol. The van der Waals surface area contributed by atoms with E-state index in [-0.39, 0.29) is 0 Å². The van der Waals surface area contributed by atoms with Crippen LogP contribution in [0.2, 0.25) is 0 Å². The Bertz CT molecular complexity index is 568. The van der Waals surface area contributed by atoms with E-state index in [1.54, 1.807) is 20.3 Å². The van der Waals surface area contributed by atoms with E-state index in [2.05, 4.69) is 9.97 Å². The molecule has 100 valence electrons. The van der Waals surface area contributed by atoms with Crippen molar-refractivity contribution in [1.82, 2.24) is 9.97 Å². The molecule has 2 aromatic rings. The van der Waals surface area contributed by atoms with Crippen LogP contribution in [-0.2, 0) is 0 Å². The van der Waals surface area contributed by atoms with Crippen LogP contribution in [0.5, 0.6) is 11.5 Å². The standard InChI is InChI=1S/C13H15N3O2S/c1-17-9-5-4-6-10(18-2)12(9)8-7-11(14)16-13(15-8)19-3/h4-7H,1-3H3,(H2,14,15,16). The smallest absolute Gasteiger partial charge is 0.189 e. The Morgan fingerprint density at radius 2 is 1.74 bits per heavy atom. The molecule has 0 aliphatic carbocycles. The Hall–Kier alpha value is -1.95. The predicted molar refractivity (Wildman–Crippen MR) is 76.8 cm³/mol. The van der Waals surface area contributed by atoms with Gasteiger partial charge in [-0.1, -0.05) is 17.8 Å². The number of ether oxygens (including phenoxy) is 2. The van der Waals surface area contributed by atoms with Crippen LogP contribution in [0.4, 0.5) is 5.82 Å². The highest BCUT2D eigenvalue weighted by molar-refractivity contribution is 7.98. The summed E-state index contributed by atoms with van der Waals surface area (Å²) < 4.78 is 10.7. The number of anilines is 1. The van der Waals surface area contributed by atoms with E-state index >= 15 is 0 Å². The van der Waals surface area contributed by atoms with Gasteiger partial charge in [0.1, 0.15) is 17.3 Å². The number of nitrogens with zero attached hydrogens (tertiary/aromatic N) is 2. The Morgan fingerprint density at radius 1 is 1.11 bits per heavy atom. The average molecular weight is 277 g/mol. The van der Waals surface area contributed by atoms with E-state index in [1.165, 1.54) is 11.8 Å². The van der Waals surface area contributed by atoms with Crippen molar-refractivity contribution in [2.75, 3.05) is 26.2 Å². The van der Waals surface area contributed by atoms with Gasteiger partial charge in [0.05, 0.1) is 25.5 Å². The quantitative estimate of drug-likeness (QED) is 0.684. The number of nitrogens with two attached hydrogens (primary N) is 1. The summed E-state index contributed by atoms with van der Waals surface area (Å²) >= 11 is 1.43. The zero-order valence-corrected chi connectivity index (χ0v) is 11.8. The topological polar surface area (TPSA) is 70.3 Å². The number of benzene rings is 1. The molecule has 0 fully saturated rings. The van der Waals surface area contributed by atoms with Crippen molar-refractivity contribution in [2.45, 2.75) is 5.16 Å². The number of nitrogen functional groups attached to an aromatic ring is 1. The number of methoxy groups -OCH3 is 2. The van der Waals surface area contributed by atoms with Gasteiger partial charge >= 0.3 is 0 Å². The lowest BCUT2D eigenvalue weighted by atomic mass is 10.1. The minimum atomic E-state index is 0.419. The van der Waals surface area contributed by atoms with Gasteiger partial charge in [-0.2, -0.15) is 0 Å². The molecule has 1 heterocycles. The Morgan fingerprint density at radius 3 is 2.26 bits per heavy atom. The van der Waals surface area contributed by atoms with Gasteiger partial charge in [0.25, 0.3) is 0 Å². The first-order chi connectivity index (χ1) is 9.19. The molecule has 0 saturated heterocycles. The second-order valence-electron chi connectivity index (χ2n) is 3.70. The fraction of sp³-hybridized carbons (Fsp3) is 0.231. The van der Waals surface area contributed by atoms with Crippen molar-refractivity contribution in [3.63, 3.8) is 0 Å². The van der Waals surface area contributed by atoms with Crippen LogP contribution in [0.15, 0.2) is 29.4 Å². The van der Waals surface area contributed by atoms with Gasteiger partial charge in [-0.3, -0.25) is 0 Å². The summed E-state index contributed by atoms with van der Waals surface area (Å²) in [4.78, 5) is 8.59. The second kappa shape index (κ2) is 5.79. The summed E-state index contributed by atoms with van der Waals surface area (Å²) in [7, 11) is 3.22. The molecule has 0 unspecified atom stereocenters. The summed E-state index contributed by atoms with van der Waals surface area (Å²) in [6, 6.07) is 7.28.